The van der Waals surface area contributed by atoms with Crippen molar-refractivity contribution >= 4 is 44.6 Å². The molecule has 3 heterocycles. The van der Waals surface area contributed by atoms with E-state index < -0.39 is 22.5 Å². The first-order chi connectivity index (χ1) is 19.0. The second-order valence-corrected chi connectivity index (χ2v) is 11.0. The molecule has 204 valence electrons. The van der Waals surface area contributed by atoms with Crippen molar-refractivity contribution in [2.75, 3.05) is 20.8 Å². The summed E-state index contributed by atoms with van der Waals surface area (Å²) in [4.78, 5) is 28.8. The molecule has 0 bridgehead atoms. The zero-order valence-corrected chi connectivity index (χ0v) is 23.4. The van der Waals surface area contributed by atoms with Crippen LogP contribution in [-0.4, -0.2) is 48.4 Å². The van der Waals surface area contributed by atoms with E-state index in [1.165, 1.54) is 0 Å². The first kappa shape index (κ1) is 27.1. The lowest BCUT2D eigenvalue weighted by Crippen LogP contribution is -2.43. The summed E-state index contributed by atoms with van der Waals surface area (Å²) >= 11 is 6.27. The van der Waals surface area contributed by atoms with Gasteiger partial charge in [0.05, 0.1) is 31.8 Å². The van der Waals surface area contributed by atoms with Crippen molar-refractivity contribution < 1.29 is 28.5 Å². The van der Waals surface area contributed by atoms with Crippen molar-refractivity contribution in [3.8, 4) is 11.5 Å². The molecule has 39 heavy (non-hydrogen) atoms. The van der Waals surface area contributed by atoms with Crippen LogP contribution in [0.15, 0.2) is 70.6 Å². The molecule has 2 aliphatic heterocycles. The maximum Gasteiger partial charge on any atom is 0.356 e. The van der Waals surface area contributed by atoms with Crippen LogP contribution < -0.4 is 14.8 Å². The predicted octanol–water partition coefficient (Wildman–Crippen LogP) is 5.20. The van der Waals surface area contributed by atoms with Crippen LogP contribution in [0.25, 0.3) is 5.57 Å². The van der Waals surface area contributed by atoms with Gasteiger partial charge in [0.25, 0.3) is 0 Å². The number of carbonyl (C=O) groups is 2. The highest BCUT2D eigenvalue weighted by Gasteiger charge is 2.39. The van der Waals surface area contributed by atoms with Crippen molar-refractivity contribution in [1.82, 2.24) is 9.88 Å². The molecular formula is C29H29ClN2O6S. The normalized spacial score (nSPS) is 17.6. The van der Waals surface area contributed by atoms with Gasteiger partial charge in [-0.3, -0.25) is 10.1 Å². The molecule has 0 radical (unpaired) electrons. The summed E-state index contributed by atoms with van der Waals surface area (Å²) in [6.07, 6.45) is 4.35. The molecule has 2 aliphatic rings. The SMILES string of the molecule is CCOC(=O)c1c2c(cn1CCl)C1=CCC(C(=O)OCc3ccccc3)NC1=S2c1ccc(OC)c(OC)c1. The van der Waals surface area contributed by atoms with E-state index in [0.29, 0.717) is 23.6 Å². The molecule has 3 aromatic rings. The minimum absolute atomic E-state index is 0.0920. The molecule has 10 heteroatoms. The smallest absolute Gasteiger partial charge is 0.356 e. The van der Waals surface area contributed by atoms with Crippen molar-refractivity contribution in [3.05, 3.63) is 77.6 Å². The summed E-state index contributed by atoms with van der Waals surface area (Å²) in [5.74, 6) is 0.362. The molecule has 2 unspecified atom stereocenters. The fraction of sp³-hybridized carbons (Fsp3) is 0.276. The van der Waals surface area contributed by atoms with Crippen LogP contribution in [0.4, 0.5) is 0 Å². The molecule has 0 saturated carbocycles. The number of fused-ring (bicyclic) bond motifs is 3. The highest BCUT2D eigenvalue weighted by atomic mass is 35.5. The van der Waals surface area contributed by atoms with Crippen LogP contribution in [-0.2, 0) is 26.9 Å². The summed E-state index contributed by atoms with van der Waals surface area (Å²) in [6.45, 7) is 2.20. The number of hydrogen-bond acceptors (Lipinski definition) is 7. The molecule has 0 aliphatic carbocycles. The number of hydrogen-bond donors (Lipinski definition) is 1. The van der Waals surface area contributed by atoms with Crippen molar-refractivity contribution in [1.29, 1.82) is 0 Å². The lowest BCUT2D eigenvalue weighted by atomic mass is 10.0. The van der Waals surface area contributed by atoms with Gasteiger partial charge in [-0.05, 0) is 37.1 Å². The van der Waals surface area contributed by atoms with Crippen LogP contribution in [0.5, 0.6) is 11.5 Å². The molecular weight excluding hydrogens is 540 g/mol. The van der Waals surface area contributed by atoms with E-state index in [0.717, 1.165) is 31.5 Å². The predicted molar refractivity (Wildman–Crippen MR) is 151 cm³/mol. The van der Waals surface area contributed by atoms with Crippen LogP contribution in [0.2, 0.25) is 0 Å². The highest BCUT2D eigenvalue weighted by molar-refractivity contribution is 8.17. The number of benzene rings is 2. The minimum Gasteiger partial charge on any atom is -0.493 e. The zero-order chi connectivity index (χ0) is 27.5. The number of rotatable bonds is 9. The van der Waals surface area contributed by atoms with E-state index in [-0.39, 0.29) is 25.2 Å². The van der Waals surface area contributed by atoms with E-state index in [1.54, 1.807) is 25.7 Å². The van der Waals surface area contributed by atoms with Gasteiger partial charge in [-0.1, -0.05) is 36.4 Å². The molecule has 0 amide bonds. The van der Waals surface area contributed by atoms with Gasteiger partial charge in [-0.25, -0.2) is 4.79 Å². The molecule has 0 spiro atoms. The van der Waals surface area contributed by atoms with Gasteiger partial charge < -0.3 is 23.5 Å². The van der Waals surface area contributed by atoms with E-state index in [9.17, 15) is 9.59 Å². The number of aromatic nitrogens is 1. The third kappa shape index (κ3) is 5.09. The molecule has 1 N–H and O–H groups in total. The van der Waals surface area contributed by atoms with Gasteiger partial charge >= 0.3 is 11.9 Å². The summed E-state index contributed by atoms with van der Waals surface area (Å²) in [5.41, 5.74) is 3.13. The third-order valence-electron chi connectivity index (χ3n) is 6.53. The van der Waals surface area contributed by atoms with E-state index in [4.69, 9.17) is 30.5 Å². The maximum atomic E-state index is 13.2. The van der Waals surface area contributed by atoms with Gasteiger partial charge in [-0.2, -0.15) is 0 Å². The molecule has 2 atom stereocenters. The summed E-state index contributed by atoms with van der Waals surface area (Å²) in [5, 5.41) is 3.45. The lowest BCUT2D eigenvalue weighted by molar-refractivity contribution is -0.147. The fourth-order valence-electron chi connectivity index (χ4n) is 4.73. The highest BCUT2D eigenvalue weighted by Crippen LogP contribution is 2.53. The Labute approximate surface area is 234 Å². The van der Waals surface area contributed by atoms with Gasteiger partial charge in [0.1, 0.15) is 18.3 Å². The molecule has 0 saturated heterocycles. The van der Waals surface area contributed by atoms with E-state index in [1.807, 2.05) is 60.8 Å². The molecule has 0 fully saturated rings. The van der Waals surface area contributed by atoms with Gasteiger partial charge in [-0.15, -0.1) is 22.1 Å². The summed E-state index contributed by atoms with van der Waals surface area (Å²) < 4.78 is 23.8. The first-order valence-corrected chi connectivity index (χ1v) is 14.2. The summed E-state index contributed by atoms with van der Waals surface area (Å²) in [6, 6.07) is 14.8. The Hall–Kier alpha value is -3.53. The Morgan fingerprint density at radius 2 is 1.85 bits per heavy atom. The molecule has 2 aromatic carbocycles. The van der Waals surface area contributed by atoms with Crippen LogP contribution in [0.1, 0.15) is 35.0 Å². The molecule has 5 rings (SSSR count). The number of nitrogens with one attached hydrogen (secondary N) is 1. The lowest BCUT2D eigenvalue weighted by Gasteiger charge is -2.24. The van der Waals surface area contributed by atoms with Crippen molar-refractivity contribution in [2.24, 2.45) is 0 Å². The van der Waals surface area contributed by atoms with Crippen LogP contribution in [0, 0.1) is 0 Å². The Kier molecular flexibility index (Phi) is 8.11. The van der Waals surface area contributed by atoms with Crippen LogP contribution >= 0.6 is 22.1 Å². The molecule has 1 aromatic heterocycles. The number of halogens is 1. The third-order valence-corrected chi connectivity index (χ3v) is 9.08. The van der Waals surface area contributed by atoms with Gasteiger partial charge in [0, 0.05) is 27.1 Å². The standard InChI is InChI=1S/C29H29ClN2O6S/c1-4-37-29(34)25-26-21(15-32(25)17-30)20-11-12-22(28(33)38-16-18-8-6-5-7-9-18)31-27(20)39(26)19-10-13-23(35-2)24(14-19)36-3/h5-11,13-15,22,31H,4,12,16-17H2,1-3H3. The quantitative estimate of drug-likeness (QED) is 0.216. The monoisotopic (exact) mass is 568 g/mol. The Bertz CT molecular complexity index is 1480. The number of carbonyl (C=O) groups excluding carboxylic acids is 2. The molecule has 8 nitrogen and oxygen atoms in total. The van der Waals surface area contributed by atoms with Crippen molar-refractivity contribution in [2.45, 2.75) is 41.8 Å². The van der Waals surface area contributed by atoms with E-state index >= 15 is 0 Å². The first-order valence-electron chi connectivity index (χ1n) is 12.5. The number of nitrogens with zero attached hydrogens (tertiary/aromatic N) is 1. The van der Waals surface area contributed by atoms with Crippen molar-refractivity contribution in [3.63, 3.8) is 0 Å². The zero-order valence-electron chi connectivity index (χ0n) is 21.9. The van der Waals surface area contributed by atoms with Crippen LogP contribution in [0.3, 0.4) is 0 Å². The Balaban J connectivity index is 1.59. The summed E-state index contributed by atoms with van der Waals surface area (Å²) in [7, 11) is 2.37. The average molecular weight is 569 g/mol. The fourth-order valence-corrected chi connectivity index (χ4v) is 7.47. The van der Waals surface area contributed by atoms with Gasteiger partial charge in [0.2, 0.25) is 0 Å². The second-order valence-electron chi connectivity index (χ2n) is 8.83. The number of alkyl halides is 1. The topological polar surface area (TPSA) is 88.0 Å². The average Bonchev–Trinajstić information content (AvgIpc) is 3.50. The number of esters is 2. The van der Waals surface area contributed by atoms with Gasteiger partial charge in [0.15, 0.2) is 11.5 Å². The Morgan fingerprint density at radius 1 is 1.08 bits per heavy atom. The number of methoxy groups -OCH3 is 2. The minimum atomic E-state index is -0.784. The number of ether oxygens (including phenoxy) is 4. The van der Waals surface area contributed by atoms with E-state index in [2.05, 4.69) is 5.32 Å². The second kappa shape index (κ2) is 11.7. The Morgan fingerprint density at radius 3 is 2.54 bits per heavy atom. The largest absolute Gasteiger partial charge is 0.493 e. The maximum absolute atomic E-state index is 13.2.